The number of nitrogens with zero attached hydrogens (tertiary/aromatic N) is 3. The summed E-state index contributed by atoms with van der Waals surface area (Å²) >= 11 is 1.28. The molecule has 3 heterocycles. The molecule has 0 aliphatic rings. The van der Waals surface area contributed by atoms with Gasteiger partial charge in [0, 0.05) is 16.8 Å². The zero-order valence-corrected chi connectivity index (χ0v) is 17.8. The lowest BCUT2D eigenvalue weighted by Crippen LogP contribution is -2.27. The van der Waals surface area contributed by atoms with Crippen LogP contribution < -0.4 is 10.9 Å². The maximum absolute atomic E-state index is 13.1. The lowest BCUT2D eigenvalue weighted by molar-refractivity contribution is -0.116. The lowest BCUT2D eigenvalue weighted by Gasteiger charge is -2.08. The van der Waals surface area contributed by atoms with Crippen molar-refractivity contribution in [2.75, 3.05) is 5.32 Å². The molecule has 0 radical (unpaired) electrons. The van der Waals surface area contributed by atoms with Crippen molar-refractivity contribution in [3.8, 4) is 11.1 Å². The van der Waals surface area contributed by atoms with Crippen LogP contribution in [0.15, 0.2) is 71.8 Å². The first kappa shape index (κ1) is 20.0. The number of hydrogen-bond acceptors (Lipinski definition) is 5. The summed E-state index contributed by atoms with van der Waals surface area (Å²) < 4.78 is 14.8. The first-order valence-electron chi connectivity index (χ1n) is 9.90. The molecule has 3 aromatic heterocycles. The molecule has 0 aliphatic heterocycles. The third-order valence-electron chi connectivity index (χ3n) is 5.07. The van der Waals surface area contributed by atoms with E-state index in [-0.39, 0.29) is 12.1 Å². The van der Waals surface area contributed by atoms with Gasteiger partial charge in [0.2, 0.25) is 5.91 Å². The van der Waals surface area contributed by atoms with Gasteiger partial charge in [-0.2, -0.15) is 0 Å². The maximum Gasteiger partial charge on any atom is 0.271 e. The first-order chi connectivity index (χ1) is 15.5. The van der Waals surface area contributed by atoms with Gasteiger partial charge in [0.15, 0.2) is 0 Å². The predicted octanol–water partition coefficient (Wildman–Crippen LogP) is 4.76. The molecule has 1 amide bonds. The van der Waals surface area contributed by atoms with Crippen LogP contribution in [0.4, 0.5) is 10.1 Å². The van der Waals surface area contributed by atoms with Gasteiger partial charge in [0.25, 0.3) is 5.56 Å². The summed E-state index contributed by atoms with van der Waals surface area (Å²) in [5.74, 6) is -0.794. The number of carbonyl (C=O) groups excluding carboxylic acids is 1. The summed E-state index contributed by atoms with van der Waals surface area (Å²) in [5.41, 5.74) is 3.57. The number of benzene rings is 2. The molecule has 0 unspecified atom stereocenters. The average molecular weight is 444 g/mol. The Balaban J connectivity index is 1.55. The molecule has 158 valence electrons. The molecular formula is C24H17FN4O2S. The van der Waals surface area contributed by atoms with Crippen molar-refractivity contribution in [3.05, 3.63) is 88.9 Å². The van der Waals surface area contributed by atoms with E-state index in [0.717, 1.165) is 27.0 Å². The van der Waals surface area contributed by atoms with Gasteiger partial charge in [-0.15, -0.1) is 11.3 Å². The van der Waals surface area contributed by atoms with Gasteiger partial charge in [-0.1, -0.05) is 30.3 Å². The molecule has 5 aromatic rings. The molecule has 32 heavy (non-hydrogen) atoms. The number of hydrogen-bond donors (Lipinski definition) is 1. The van der Waals surface area contributed by atoms with Crippen LogP contribution in [0.5, 0.6) is 0 Å². The largest absolute Gasteiger partial charge is 0.325 e. The Morgan fingerprint density at radius 2 is 1.88 bits per heavy atom. The minimum absolute atomic E-state index is 0.203. The van der Waals surface area contributed by atoms with Crippen LogP contribution in [0, 0.1) is 12.7 Å². The van der Waals surface area contributed by atoms with E-state index >= 15 is 0 Å². The van der Waals surface area contributed by atoms with Crippen molar-refractivity contribution in [1.82, 2.24) is 14.5 Å². The van der Waals surface area contributed by atoms with Crippen LogP contribution in [0.3, 0.4) is 0 Å². The monoisotopic (exact) mass is 444 g/mol. The Bertz CT molecular complexity index is 1530. The zero-order valence-electron chi connectivity index (χ0n) is 17.0. The fourth-order valence-corrected chi connectivity index (χ4v) is 4.78. The summed E-state index contributed by atoms with van der Waals surface area (Å²) in [4.78, 5) is 35.4. The predicted molar refractivity (Wildman–Crippen MR) is 124 cm³/mol. The molecule has 0 aliphatic carbocycles. The molecule has 0 saturated carbocycles. The number of fused-ring (bicyclic) bond motifs is 3. The number of rotatable bonds is 4. The Hall–Kier alpha value is -3.91. The second kappa shape index (κ2) is 7.97. The fraction of sp³-hybridized carbons (Fsp3) is 0.0833. The topological polar surface area (TPSA) is 76.9 Å². The number of amides is 1. The Kier molecular flexibility index (Phi) is 4.99. The maximum atomic E-state index is 13.1. The van der Waals surface area contributed by atoms with Gasteiger partial charge in [0.1, 0.15) is 21.9 Å². The smallest absolute Gasteiger partial charge is 0.271 e. The van der Waals surface area contributed by atoms with Crippen LogP contribution in [0.2, 0.25) is 0 Å². The van der Waals surface area contributed by atoms with E-state index < -0.39 is 11.7 Å². The van der Waals surface area contributed by atoms with Crippen molar-refractivity contribution >= 4 is 43.4 Å². The molecule has 1 N–H and O–H groups in total. The Morgan fingerprint density at radius 3 is 2.62 bits per heavy atom. The van der Waals surface area contributed by atoms with Crippen LogP contribution in [-0.4, -0.2) is 20.4 Å². The van der Waals surface area contributed by atoms with Crippen LogP contribution in [0.25, 0.3) is 31.6 Å². The number of thiophene rings is 1. The molecule has 2 aromatic carbocycles. The van der Waals surface area contributed by atoms with Crippen molar-refractivity contribution in [2.24, 2.45) is 0 Å². The molecule has 0 spiro atoms. The molecule has 6 nitrogen and oxygen atoms in total. The molecular weight excluding hydrogens is 427 g/mol. The van der Waals surface area contributed by atoms with Crippen molar-refractivity contribution in [2.45, 2.75) is 13.5 Å². The highest BCUT2D eigenvalue weighted by molar-refractivity contribution is 7.25. The van der Waals surface area contributed by atoms with E-state index in [4.69, 9.17) is 0 Å². The van der Waals surface area contributed by atoms with E-state index in [2.05, 4.69) is 15.3 Å². The number of aryl methyl sites for hydroxylation is 1. The van der Waals surface area contributed by atoms with E-state index in [1.807, 2.05) is 43.3 Å². The van der Waals surface area contributed by atoms with Gasteiger partial charge >= 0.3 is 0 Å². The van der Waals surface area contributed by atoms with Crippen LogP contribution in [0.1, 0.15) is 5.69 Å². The Morgan fingerprint density at radius 1 is 1.12 bits per heavy atom. The van der Waals surface area contributed by atoms with Crippen molar-refractivity contribution in [1.29, 1.82) is 0 Å². The first-order valence-corrected chi connectivity index (χ1v) is 10.7. The summed E-state index contributed by atoms with van der Waals surface area (Å²) in [6.45, 7) is 1.72. The average Bonchev–Trinajstić information content (AvgIpc) is 3.16. The highest BCUT2D eigenvalue weighted by Crippen LogP contribution is 2.37. The molecule has 8 heteroatoms. The SMILES string of the molecule is Cc1cc(-c2ccccc2)c2c(n1)sc1c(=O)n(CC(=O)Nc3ccc(F)cc3)cnc12. The summed E-state index contributed by atoms with van der Waals surface area (Å²) in [6.07, 6.45) is 1.38. The van der Waals surface area contributed by atoms with E-state index in [1.165, 1.54) is 46.5 Å². The third-order valence-corrected chi connectivity index (χ3v) is 6.13. The number of nitrogens with one attached hydrogen (secondary N) is 1. The number of halogens is 1. The van der Waals surface area contributed by atoms with Crippen LogP contribution in [-0.2, 0) is 11.3 Å². The van der Waals surface area contributed by atoms with Crippen molar-refractivity contribution in [3.63, 3.8) is 0 Å². The third kappa shape index (κ3) is 3.65. The standard InChI is InChI=1S/C24H17FN4O2S/c1-14-11-18(15-5-3-2-4-6-15)20-21-22(32-23(20)27-14)24(31)29(13-26-21)12-19(30)28-17-9-7-16(25)8-10-17/h2-11,13H,12H2,1H3,(H,28,30). The molecule has 0 fully saturated rings. The van der Waals surface area contributed by atoms with E-state index in [9.17, 15) is 14.0 Å². The minimum atomic E-state index is -0.403. The summed E-state index contributed by atoms with van der Waals surface area (Å²) in [5, 5.41) is 3.49. The van der Waals surface area contributed by atoms with E-state index in [1.54, 1.807) is 0 Å². The van der Waals surface area contributed by atoms with Gasteiger partial charge in [-0.05, 0) is 48.4 Å². The van der Waals surface area contributed by atoms with Crippen molar-refractivity contribution < 1.29 is 9.18 Å². The summed E-state index contributed by atoms with van der Waals surface area (Å²) in [6, 6.07) is 17.3. The highest BCUT2D eigenvalue weighted by Gasteiger charge is 2.18. The second-order valence-corrected chi connectivity index (χ2v) is 8.37. The summed E-state index contributed by atoms with van der Waals surface area (Å²) in [7, 11) is 0. The quantitative estimate of drug-likeness (QED) is 0.434. The van der Waals surface area contributed by atoms with Gasteiger partial charge in [-0.25, -0.2) is 14.4 Å². The van der Waals surface area contributed by atoms with Crippen LogP contribution >= 0.6 is 11.3 Å². The molecule has 5 rings (SSSR count). The Labute approximate surface area is 186 Å². The van der Waals surface area contributed by atoms with E-state index in [0.29, 0.717) is 15.9 Å². The second-order valence-electron chi connectivity index (χ2n) is 7.37. The number of aromatic nitrogens is 3. The number of pyridine rings is 1. The number of anilines is 1. The molecule has 0 bridgehead atoms. The number of carbonyl (C=O) groups is 1. The van der Waals surface area contributed by atoms with Gasteiger partial charge in [0.05, 0.1) is 11.8 Å². The molecule has 0 saturated heterocycles. The highest BCUT2D eigenvalue weighted by atomic mass is 32.1. The zero-order chi connectivity index (χ0) is 22.2. The minimum Gasteiger partial charge on any atom is -0.325 e. The van der Waals surface area contributed by atoms with Gasteiger partial charge in [-0.3, -0.25) is 14.2 Å². The van der Waals surface area contributed by atoms with Gasteiger partial charge < -0.3 is 5.32 Å². The normalized spacial score (nSPS) is 11.2. The lowest BCUT2D eigenvalue weighted by atomic mass is 10.0. The fourth-order valence-electron chi connectivity index (χ4n) is 3.63. The molecule has 0 atom stereocenters.